The van der Waals surface area contributed by atoms with Crippen molar-refractivity contribution in [3.8, 4) is 11.5 Å². The highest BCUT2D eigenvalue weighted by Gasteiger charge is 2.18. The van der Waals surface area contributed by atoms with Crippen molar-refractivity contribution < 1.29 is 19.8 Å². The van der Waals surface area contributed by atoms with Crippen LogP contribution in [0.5, 0.6) is 11.5 Å². The Morgan fingerprint density at radius 2 is 1.81 bits per heavy atom. The number of aromatic nitrogens is 2. The van der Waals surface area contributed by atoms with Crippen LogP contribution in [-0.2, 0) is 0 Å². The van der Waals surface area contributed by atoms with Crippen LogP contribution >= 0.6 is 23.1 Å². The SMILES string of the molecule is O=C(CSc1nc2ccsc2c(=O)n1NC(=O)c1ccccc1)c1ccc(O)c(O)c1. The van der Waals surface area contributed by atoms with Gasteiger partial charge in [0, 0.05) is 11.1 Å². The molecule has 2 aromatic heterocycles. The van der Waals surface area contributed by atoms with Crippen molar-refractivity contribution in [3.05, 3.63) is 81.5 Å². The Bertz CT molecular complexity index is 1350. The molecule has 0 fully saturated rings. The van der Waals surface area contributed by atoms with E-state index in [0.717, 1.165) is 22.5 Å². The number of fused-ring (bicyclic) bond motifs is 1. The van der Waals surface area contributed by atoms with Gasteiger partial charge in [-0.2, -0.15) is 4.68 Å². The number of rotatable bonds is 6. The maximum absolute atomic E-state index is 12.9. The van der Waals surface area contributed by atoms with Crippen molar-refractivity contribution in [2.24, 2.45) is 0 Å². The number of aromatic hydroxyl groups is 2. The Balaban J connectivity index is 1.63. The molecule has 0 aliphatic rings. The predicted molar refractivity (Wildman–Crippen MR) is 119 cm³/mol. The summed E-state index contributed by atoms with van der Waals surface area (Å²) < 4.78 is 1.42. The molecule has 0 saturated carbocycles. The number of thioether (sulfide) groups is 1. The number of thiophene rings is 1. The van der Waals surface area contributed by atoms with Crippen LogP contribution in [0.1, 0.15) is 20.7 Å². The van der Waals surface area contributed by atoms with Crippen LogP contribution in [0.25, 0.3) is 10.2 Å². The van der Waals surface area contributed by atoms with Crippen LogP contribution in [0.4, 0.5) is 0 Å². The number of ketones is 1. The average molecular weight is 454 g/mol. The van der Waals surface area contributed by atoms with Gasteiger partial charge in [0.15, 0.2) is 22.4 Å². The molecule has 0 atom stereocenters. The second-order valence-corrected chi connectivity index (χ2v) is 8.25. The summed E-state index contributed by atoms with van der Waals surface area (Å²) in [5.74, 6) is -1.67. The highest BCUT2D eigenvalue weighted by molar-refractivity contribution is 7.99. The van der Waals surface area contributed by atoms with Crippen LogP contribution in [0.2, 0.25) is 0 Å². The molecule has 0 spiro atoms. The monoisotopic (exact) mass is 453 g/mol. The van der Waals surface area contributed by atoms with Gasteiger partial charge < -0.3 is 10.2 Å². The van der Waals surface area contributed by atoms with E-state index in [2.05, 4.69) is 10.4 Å². The fourth-order valence-corrected chi connectivity index (χ4v) is 4.36. The molecular weight excluding hydrogens is 438 g/mol. The first-order chi connectivity index (χ1) is 14.9. The standard InChI is InChI=1S/C21H15N3O5S2/c25-15-7-6-13(10-16(15)26)17(27)11-31-21-22-14-8-9-30-18(14)20(29)24(21)23-19(28)12-4-2-1-3-5-12/h1-10,25-26H,11H2,(H,23,28). The lowest BCUT2D eigenvalue weighted by molar-refractivity contribution is 0.100. The zero-order valence-electron chi connectivity index (χ0n) is 15.8. The van der Waals surface area contributed by atoms with E-state index in [4.69, 9.17) is 0 Å². The Morgan fingerprint density at radius 1 is 1.03 bits per heavy atom. The van der Waals surface area contributed by atoms with Gasteiger partial charge in [-0.05, 0) is 41.8 Å². The Morgan fingerprint density at radius 3 is 2.55 bits per heavy atom. The number of carbonyl (C=O) groups is 2. The highest BCUT2D eigenvalue weighted by atomic mass is 32.2. The van der Waals surface area contributed by atoms with Crippen molar-refractivity contribution in [1.29, 1.82) is 0 Å². The van der Waals surface area contributed by atoms with Crippen molar-refractivity contribution in [2.75, 3.05) is 11.2 Å². The number of benzene rings is 2. The van der Waals surface area contributed by atoms with Crippen molar-refractivity contribution in [2.45, 2.75) is 5.16 Å². The third-order valence-electron chi connectivity index (χ3n) is 4.33. The molecule has 0 aliphatic heterocycles. The molecule has 8 nitrogen and oxygen atoms in total. The smallest absolute Gasteiger partial charge is 0.291 e. The molecule has 4 aromatic rings. The number of phenols is 2. The fraction of sp³-hybridized carbons (Fsp3) is 0.0476. The molecule has 4 rings (SSSR count). The lowest BCUT2D eigenvalue weighted by atomic mass is 10.1. The predicted octanol–water partition coefficient (Wildman–Crippen LogP) is 3.23. The van der Waals surface area contributed by atoms with Gasteiger partial charge in [0.05, 0.1) is 11.3 Å². The van der Waals surface area contributed by atoms with E-state index >= 15 is 0 Å². The number of hydrogen-bond donors (Lipinski definition) is 3. The summed E-state index contributed by atoms with van der Waals surface area (Å²) in [6, 6.07) is 13.9. The van der Waals surface area contributed by atoms with E-state index in [1.807, 2.05) is 0 Å². The second kappa shape index (κ2) is 8.62. The normalized spacial score (nSPS) is 10.8. The Labute approximate surface area is 183 Å². The number of hydrogen-bond acceptors (Lipinski definition) is 8. The molecule has 0 unspecified atom stereocenters. The topological polar surface area (TPSA) is 122 Å². The first-order valence-electron chi connectivity index (χ1n) is 8.98. The minimum absolute atomic E-state index is 0.104. The maximum atomic E-state index is 12.9. The first kappa shape index (κ1) is 20.6. The molecule has 2 aromatic carbocycles. The van der Waals surface area contributed by atoms with Gasteiger partial charge in [-0.25, -0.2) is 4.98 Å². The van der Waals surface area contributed by atoms with Crippen molar-refractivity contribution in [1.82, 2.24) is 9.66 Å². The Hall–Kier alpha value is -3.63. The van der Waals surface area contributed by atoms with Gasteiger partial charge in [0.2, 0.25) is 0 Å². The summed E-state index contributed by atoms with van der Waals surface area (Å²) in [5.41, 5.74) is 3.15. The molecule has 0 radical (unpaired) electrons. The van der Waals surface area contributed by atoms with Gasteiger partial charge in [0.25, 0.3) is 11.5 Å². The number of amides is 1. The van der Waals surface area contributed by atoms with Crippen LogP contribution in [0.15, 0.2) is 69.9 Å². The largest absolute Gasteiger partial charge is 0.504 e. The number of Topliss-reactive ketones (excluding diaryl/α,β-unsaturated/α-hetero) is 1. The van der Waals surface area contributed by atoms with E-state index < -0.39 is 17.2 Å². The number of carbonyl (C=O) groups excluding carboxylic acids is 2. The third kappa shape index (κ3) is 4.30. The average Bonchev–Trinajstić information content (AvgIpc) is 3.25. The lowest BCUT2D eigenvalue weighted by Crippen LogP contribution is -2.34. The number of nitrogens with one attached hydrogen (secondary N) is 1. The number of phenolic OH excluding ortho intramolecular Hbond substituents is 2. The zero-order chi connectivity index (χ0) is 22.0. The van der Waals surface area contributed by atoms with E-state index in [0.29, 0.717) is 15.8 Å². The van der Waals surface area contributed by atoms with E-state index in [-0.39, 0.29) is 28.0 Å². The van der Waals surface area contributed by atoms with Crippen LogP contribution < -0.4 is 11.0 Å². The summed E-state index contributed by atoms with van der Waals surface area (Å²) in [6.45, 7) is 0. The minimum atomic E-state index is -0.489. The number of nitrogens with zero attached hydrogens (tertiary/aromatic N) is 2. The second-order valence-electron chi connectivity index (χ2n) is 6.39. The molecule has 3 N–H and O–H groups in total. The van der Waals surface area contributed by atoms with Gasteiger partial charge in [-0.15, -0.1) is 11.3 Å². The van der Waals surface area contributed by atoms with Crippen LogP contribution in [0, 0.1) is 0 Å². The molecule has 0 aliphatic carbocycles. The maximum Gasteiger partial charge on any atom is 0.291 e. The molecule has 156 valence electrons. The molecular formula is C21H15N3O5S2. The van der Waals surface area contributed by atoms with Crippen molar-refractivity contribution in [3.63, 3.8) is 0 Å². The highest BCUT2D eigenvalue weighted by Crippen LogP contribution is 2.26. The lowest BCUT2D eigenvalue weighted by Gasteiger charge is -2.13. The van der Waals surface area contributed by atoms with Crippen molar-refractivity contribution >= 4 is 45.0 Å². The molecule has 10 heteroatoms. The third-order valence-corrected chi connectivity index (χ3v) is 6.16. The van der Waals surface area contributed by atoms with Gasteiger partial charge in [-0.3, -0.25) is 19.8 Å². The minimum Gasteiger partial charge on any atom is -0.504 e. The summed E-state index contributed by atoms with van der Waals surface area (Å²) in [7, 11) is 0. The quantitative estimate of drug-likeness (QED) is 0.177. The van der Waals surface area contributed by atoms with E-state index in [1.54, 1.807) is 41.8 Å². The van der Waals surface area contributed by atoms with E-state index in [1.165, 1.54) is 23.5 Å². The molecule has 2 heterocycles. The van der Waals surface area contributed by atoms with Gasteiger partial charge in [0.1, 0.15) is 4.70 Å². The molecule has 1 amide bonds. The summed E-state index contributed by atoms with van der Waals surface area (Å²) >= 11 is 2.19. The molecule has 0 saturated heterocycles. The Kier molecular flexibility index (Phi) is 5.74. The van der Waals surface area contributed by atoms with Crippen LogP contribution in [0.3, 0.4) is 0 Å². The van der Waals surface area contributed by atoms with E-state index in [9.17, 15) is 24.6 Å². The fourth-order valence-electron chi connectivity index (χ4n) is 2.75. The summed E-state index contributed by atoms with van der Waals surface area (Å²) in [4.78, 5) is 42.5. The van der Waals surface area contributed by atoms with Crippen LogP contribution in [-0.4, -0.2) is 37.3 Å². The first-order valence-corrected chi connectivity index (χ1v) is 10.8. The summed E-state index contributed by atoms with van der Waals surface area (Å²) in [6.07, 6.45) is 0. The zero-order valence-corrected chi connectivity index (χ0v) is 17.4. The molecule has 31 heavy (non-hydrogen) atoms. The van der Waals surface area contributed by atoms with Gasteiger partial charge >= 0.3 is 0 Å². The molecule has 0 bridgehead atoms. The summed E-state index contributed by atoms with van der Waals surface area (Å²) in [5, 5.41) is 20.9. The van der Waals surface area contributed by atoms with Gasteiger partial charge in [-0.1, -0.05) is 30.0 Å².